The average Bonchev–Trinajstić information content (AvgIpc) is 2.78. The molecule has 2 aromatic rings. The SMILES string of the molecule is Cc1ccc(S(=O)(=O)c2nnnn2C(C)(C)C)cc1. The first kappa shape index (κ1) is 13.7. The zero-order valence-corrected chi connectivity index (χ0v) is 12.1. The third-order valence-corrected chi connectivity index (χ3v) is 4.28. The van der Waals surface area contributed by atoms with Crippen molar-refractivity contribution in [3.05, 3.63) is 29.8 Å². The molecule has 0 saturated heterocycles. The highest BCUT2D eigenvalue weighted by molar-refractivity contribution is 7.91. The molecule has 102 valence electrons. The Balaban J connectivity index is 2.58. The largest absolute Gasteiger partial charge is 0.273 e. The number of rotatable bonds is 2. The Morgan fingerprint density at radius 3 is 2.21 bits per heavy atom. The van der Waals surface area contributed by atoms with Crippen LogP contribution < -0.4 is 0 Å². The van der Waals surface area contributed by atoms with Gasteiger partial charge in [0.15, 0.2) is 0 Å². The third kappa shape index (κ3) is 2.51. The number of aryl methyl sites for hydroxylation is 1. The topological polar surface area (TPSA) is 77.7 Å². The van der Waals surface area contributed by atoms with Crippen molar-refractivity contribution >= 4 is 9.84 Å². The van der Waals surface area contributed by atoms with Crippen molar-refractivity contribution in [1.82, 2.24) is 20.2 Å². The first-order chi connectivity index (χ1) is 8.73. The Hall–Kier alpha value is -1.76. The molecule has 7 heteroatoms. The number of hydrogen-bond donors (Lipinski definition) is 0. The number of sulfone groups is 1. The van der Waals surface area contributed by atoms with Crippen molar-refractivity contribution in [2.24, 2.45) is 0 Å². The van der Waals surface area contributed by atoms with E-state index in [1.807, 2.05) is 27.7 Å². The molecule has 0 aliphatic rings. The monoisotopic (exact) mass is 280 g/mol. The van der Waals surface area contributed by atoms with E-state index in [4.69, 9.17) is 0 Å². The maximum atomic E-state index is 12.5. The number of tetrazole rings is 1. The van der Waals surface area contributed by atoms with Gasteiger partial charge in [0.25, 0.3) is 5.16 Å². The Kier molecular flexibility index (Phi) is 3.17. The molecule has 0 N–H and O–H groups in total. The highest BCUT2D eigenvalue weighted by Gasteiger charge is 2.30. The van der Waals surface area contributed by atoms with Crippen LogP contribution in [-0.2, 0) is 15.4 Å². The highest BCUT2D eigenvalue weighted by Crippen LogP contribution is 2.22. The van der Waals surface area contributed by atoms with Crippen LogP contribution in [0.5, 0.6) is 0 Å². The zero-order valence-electron chi connectivity index (χ0n) is 11.3. The summed E-state index contributed by atoms with van der Waals surface area (Å²) in [7, 11) is -3.70. The lowest BCUT2D eigenvalue weighted by atomic mass is 10.1. The van der Waals surface area contributed by atoms with Crippen LogP contribution in [0.4, 0.5) is 0 Å². The molecule has 19 heavy (non-hydrogen) atoms. The standard InChI is InChI=1S/C12H16N4O2S/c1-9-5-7-10(8-6-9)19(17,18)11-13-14-15-16(11)12(2,3)4/h5-8H,1-4H3. The van der Waals surface area contributed by atoms with Crippen LogP contribution in [0.1, 0.15) is 26.3 Å². The molecular weight excluding hydrogens is 264 g/mol. The van der Waals surface area contributed by atoms with Gasteiger partial charge in [-0.05, 0) is 50.3 Å². The van der Waals surface area contributed by atoms with E-state index in [0.29, 0.717) is 0 Å². The fourth-order valence-corrected chi connectivity index (χ4v) is 2.98. The summed E-state index contributed by atoms with van der Waals surface area (Å²) in [5.41, 5.74) is 0.491. The van der Waals surface area contributed by atoms with Crippen molar-refractivity contribution in [2.45, 2.75) is 43.3 Å². The molecule has 0 aliphatic carbocycles. The molecule has 0 amide bonds. The first-order valence-corrected chi connectivity index (χ1v) is 7.32. The van der Waals surface area contributed by atoms with Gasteiger partial charge in [-0.2, -0.15) is 0 Å². The lowest BCUT2D eigenvalue weighted by Crippen LogP contribution is -2.27. The molecular formula is C12H16N4O2S. The fraction of sp³-hybridized carbons (Fsp3) is 0.417. The summed E-state index contributed by atoms with van der Waals surface area (Å²) >= 11 is 0. The van der Waals surface area contributed by atoms with Gasteiger partial charge in [0, 0.05) is 0 Å². The normalized spacial score (nSPS) is 12.6. The van der Waals surface area contributed by atoms with Crippen molar-refractivity contribution < 1.29 is 8.42 Å². The summed E-state index contributed by atoms with van der Waals surface area (Å²) < 4.78 is 26.3. The van der Waals surface area contributed by atoms with Gasteiger partial charge in [-0.1, -0.05) is 22.8 Å². The number of benzene rings is 1. The van der Waals surface area contributed by atoms with E-state index in [2.05, 4.69) is 15.5 Å². The molecule has 2 rings (SSSR count). The molecule has 1 aromatic carbocycles. The lowest BCUT2D eigenvalue weighted by molar-refractivity contribution is 0.317. The molecule has 1 aromatic heterocycles. The molecule has 0 radical (unpaired) electrons. The Labute approximate surface area is 112 Å². The average molecular weight is 280 g/mol. The summed E-state index contributed by atoms with van der Waals surface area (Å²) in [5.74, 6) is 0. The van der Waals surface area contributed by atoms with E-state index < -0.39 is 15.4 Å². The molecule has 0 aliphatic heterocycles. The van der Waals surface area contributed by atoms with E-state index in [-0.39, 0.29) is 10.1 Å². The smallest absolute Gasteiger partial charge is 0.215 e. The van der Waals surface area contributed by atoms with Gasteiger partial charge in [-0.25, -0.2) is 13.1 Å². The van der Waals surface area contributed by atoms with Gasteiger partial charge in [0.1, 0.15) is 0 Å². The molecule has 0 fully saturated rings. The van der Waals surface area contributed by atoms with Crippen LogP contribution in [0, 0.1) is 6.92 Å². The van der Waals surface area contributed by atoms with Crippen LogP contribution in [0.25, 0.3) is 0 Å². The summed E-state index contributed by atoms with van der Waals surface area (Å²) in [6, 6.07) is 6.62. The van der Waals surface area contributed by atoms with Gasteiger partial charge in [-0.15, -0.1) is 0 Å². The maximum absolute atomic E-state index is 12.5. The van der Waals surface area contributed by atoms with Crippen LogP contribution in [-0.4, -0.2) is 28.6 Å². The van der Waals surface area contributed by atoms with Crippen molar-refractivity contribution in [1.29, 1.82) is 0 Å². The minimum atomic E-state index is -3.70. The Morgan fingerprint density at radius 2 is 1.68 bits per heavy atom. The number of nitrogens with zero attached hydrogens (tertiary/aromatic N) is 4. The third-order valence-electron chi connectivity index (χ3n) is 2.65. The van der Waals surface area contributed by atoms with E-state index >= 15 is 0 Å². The summed E-state index contributed by atoms with van der Waals surface area (Å²) in [6.45, 7) is 7.43. The van der Waals surface area contributed by atoms with Gasteiger partial charge < -0.3 is 0 Å². The predicted octanol–water partition coefficient (Wildman–Crippen LogP) is 1.57. The molecule has 1 heterocycles. The molecule has 6 nitrogen and oxygen atoms in total. The van der Waals surface area contributed by atoms with Crippen molar-refractivity contribution in [3.63, 3.8) is 0 Å². The molecule has 0 unspecified atom stereocenters. The number of aromatic nitrogens is 4. The van der Waals surface area contributed by atoms with Gasteiger partial charge in [0.05, 0.1) is 10.4 Å². The second-order valence-corrected chi connectivity index (χ2v) is 7.20. The van der Waals surface area contributed by atoms with Gasteiger partial charge in [-0.3, -0.25) is 0 Å². The van der Waals surface area contributed by atoms with Crippen molar-refractivity contribution in [2.75, 3.05) is 0 Å². The van der Waals surface area contributed by atoms with Crippen LogP contribution in [0.3, 0.4) is 0 Å². The summed E-state index contributed by atoms with van der Waals surface area (Å²) in [6.07, 6.45) is 0. The predicted molar refractivity (Wildman–Crippen MR) is 69.4 cm³/mol. The van der Waals surface area contributed by atoms with Gasteiger partial charge >= 0.3 is 0 Å². The fourth-order valence-electron chi connectivity index (χ4n) is 1.59. The second-order valence-electron chi connectivity index (χ2n) is 5.36. The van der Waals surface area contributed by atoms with Crippen molar-refractivity contribution in [3.8, 4) is 0 Å². The molecule has 0 spiro atoms. The van der Waals surface area contributed by atoms with E-state index in [9.17, 15) is 8.42 Å². The lowest BCUT2D eigenvalue weighted by Gasteiger charge is -2.19. The zero-order chi connectivity index (χ0) is 14.3. The Morgan fingerprint density at radius 1 is 1.11 bits per heavy atom. The summed E-state index contributed by atoms with van der Waals surface area (Å²) in [5, 5.41) is 10.8. The summed E-state index contributed by atoms with van der Waals surface area (Å²) in [4.78, 5) is 0.193. The number of hydrogen-bond acceptors (Lipinski definition) is 5. The molecule has 0 atom stereocenters. The second kappa shape index (κ2) is 4.41. The van der Waals surface area contributed by atoms with Crippen LogP contribution in [0.15, 0.2) is 34.3 Å². The molecule has 0 saturated carbocycles. The van der Waals surface area contributed by atoms with Crippen LogP contribution >= 0.6 is 0 Å². The molecule has 0 bridgehead atoms. The van der Waals surface area contributed by atoms with E-state index in [1.165, 1.54) is 4.68 Å². The van der Waals surface area contributed by atoms with Crippen LogP contribution in [0.2, 0.25) is 0 Å². The quantitative estimate of drug-likeness (QED) is 0.834. The van der Waals surface area contributed by atoms with E-state index in [1.54, 1.807) is 24.3 Å². The Bertz CT molecular complexity index is 681. The highest BCUT2D eigenvalue weighted by atomic mass is 32.2. The maximum Gasteiger partial charge on any atom is 0.273 e. The minimum Gasteiger partial charge on any atom is -0.215 e. The first-order valence-electron chi connectivity index (χ1n) is 5.83. The minimum absolute atomic E-state index is 0.135. The van der Waals surface area contributed by atoms with E-state index in [0.717, 1.165) is 5.56 Å². The van der Waals surface area contributed by atoms with Gasteiger partial charge in [0.2, 0.25) is 9.84 Å².